The van der Waals surface area contributed by atoms with E-state index in [1.807, 2.05) is 4.90 Å². The third-order valence-corrected chi connectivity index (χ3v) is 4.77. The first kappa shape index (κ1) is 20.1. The zero-order valence-corrected chi connectivity index (χ0v) is 16.1. The van der Waals surface area contributed by atoms with Crippen molar-refractivity contribution in [3.8, 4) is 5.75 Å². The largest absolute Gasteiger partial charge is 0.573 e. The van der Waals surface area contributed by atoms with Gasteiger partial charge in [-0.1, -0.05) is 0 Å². The number of aryl methyl sites for hydroxylation is 1. The maximum Gasteiger partial charge on any atom is 0.573 e. The minimum Gasteiger partial charge on any atom is -0.404 e. The fourth-order valence-corrected chi connectivity index (χ4v) is 3.42. The van der Waals surface area contributed by atoms with E-state index in [2.05, 4.69) is 25.0 Å². The van der Waals surface area contributed by atoms with Crippen LogP contribution in [0.5, 0.6) is 5.75 Å². The van der Waals surface area contributed by atoms with Gasteiger partial charge in [0.15, 0.2) is 5.75 Å². The monoisotopic (exact) mass is 420 g/mol. The van der Waals surface area contributed by atoms with Gasteiger partial charge in [-0.3, -0.25) is 14.3 Å². The standard InChI is InChI=1S/C19H19F3N6O2/c1-12-25-10-13-9-15(27-7-5-23-6-8-27)18(29)28(17(13)26-12)11-14-16(3-2-4-24-14)30-19(20,21)22/h2-4,9-10,23H,5-8,11H2,1H3. The summed E-state index contributed by atoms with van der Waals surface area (Å²) in [7, 11) is 0. The number of nitrogens with one attached hydrogen (secondary N) is 1. The molecule has 0 spiro atoms. The lowest BCUT2D eigenvalue weighted by Crippen LogP contribution is -2.46. The van der Waals surface area contributed by atoms with E-state index in [0.29, 0.717) is 35.6 Å². The van der Waals surface area contributed by atoms with Crippen LogP contribution >= 0.6 is 0 Å². The second kappa shape index (κ2) is 7.90. The lowest BCUT2D eigenvalue weighted by atomic mass is 10.2. The van der Waals surface area contributed by atoms with Crippen LogP contribution in [0.4, 0.5) is 18.9 Å². The lowest BCUT2D eigenvalue weighted by molar-refractivity contribution is -0.275. The molecule has 1 aliphatic rings. The van der Waals surface area contributed by atoms with Gasteiger partial charge in [0, 0.05) is 44.0 Å². The van der Waals surface area contributed by atoms with E-state index in [4.69, 9.17) is 0 Å². The van der Waals surface area contributed by atoms with E-state index >= 15 is 0 Å². The normalized spacial score (nSPS) is 14.9. The summed E-state index contributed by atoms with van der Waals surface area (Å²) >= 11 is 0. The minimum absolute atomic E-state index is 0.0213. The summed E-state index contributed by atoms with van der Waals surface area (Å²) in [5.74, 6) is -0.0123. The number of halogens is 3. The van der Waals surface area contributed by atoms with E-state index in [0.717, 1.165) is 13.1 Å². The molecule has 0 unspecified atom stereocenters. The molecule has 11 heteroatoms. The number of alkyl halides is 3. The maximum atomic E-state index is 13.3. The molecule has 4 rings (SSSR count). The number of anilines is 1. The van der Waals surface area contributed by atoms with Crippen LogP contribution in [0.3, 0.4) is 0 Å². The number of nitrogens with zero attached hydrogens (tertiary/aromatic N) is 5. The van der Waals surface area contributed by atoms with Crippen molar-refractivity contribution in [3.63, 3.8) is 0 Å². The second-order valence-corrected chi connectivity index (χ2v) is 6.85. The number of pyridine rings is 2. The van der Waals surface area contributed by atoms with E-state index in [1.54, 1.807) is 19.2 Å². The summed E-state index contributed by atoms with van der Waals surface area (Å²) in [5.41, 5.74) is 0.402. The molecule has 0 aliphatic carbocycles. The predicted molar refractivity (Wildman–Crippen MR) is 104 cm³/mol. The van der Waals surface area contributed by atoms with Gasteiger partial charge in [0.25, 0.3) is 5.56 Å². The van der Waals surface area contributed by atoms with Crippen molar-refractivity contribution < 1.29 is 17.9 Å². The minimum atomic E-state index is -4.87. The molecular formula is C19H19F3N6O2. The van der Waals surface area contributed by atoms with Crippen LogP contribution in [0.15, 0.2) is 35.4 Å². The summed E-state index contributed by atoms with van der Waals surface area (Å²) in [4.78, 5) is 27.9. The molecule has 0 amide bonds. The average Bonchev–Trinajstić information content (AvgIpc) is 2.71. The van der Waals surface area contributed by atoms with Crippen LogP contribution in [0, 0.1) is 6.92 Å². The Morgan fingerprint density at radius 2 is 2.00 bits per heavy atom. The van der Waals surface area contributed by atoms with E-state index < -0.39 is 12.1 Å². The van der Waals surface area contributed by atoms with Crippen LogP contribution in [-0.4, -0.2) is 52.1 Å². The summed E-state index contributed by atoms with van der Waals surface area (Å²) in [6.07, 6.45) is -1.91. The lowest BCUT2D eigenvalue weighted by Gasteiger charge is -2.29. The van der Waals surface area contributed by atoms with Gasteiger partial charge >= 0.3 is 6.36 Å². The zero-order chi connectivity index (χ0) is 21.3. The molecule has 0 atom stereocenters. The summed E-state index contributed by atoms with van der Waals surface area (Å²) < 4.78 is 43.8. The fraction of sp³-hybridized carbons (Fsp3) is 0.368. The third kappa shape index (κ3) is 4.20. The Labute approximate surface area is 169 Å². The molecule has 0 bridgehead atoms. The van der Waals surface area contributed by atoms with Gasteiger partial charge < -0.3 is 15.0 Å². The van der Waals surface area contributed by atoms with Crippen LogP contribution < -0.4 is 20.5 Å². The van der Waals surface area contributed by atoms with Crippen LogP contribution in [0.1, 0.15) is 11.5 Å². The van der Waals surface area contributed by atoms with Gasteiger partial charge in [0.05, 0.1) is 6.54 Å². The van der Waals surface area contributed by atoms with Crippen LogP contribution in [-0.2, 0) is 6.54 Å². The van der Waals surface area contributed by atoms with Crippen molar-refractivity contribution in [1.82, 2.24) is 24.8 Å². The average molecular weight is 420 g/mol. The van der Waals surface area contributed by atoms with Gasteiger partial charge in [-0.15, -0.1) is 13.2 Å². The molecular weight excluding hydrogens is 401 g/mol. The van der Waals surface area contributed by atoms with Crippen molar-refractivity contribution in [2.45, 2.75) is 19.8 Å². The van der Waals surface area contributed by atoms with Gasteiger partial charge in [0.1, 0.15) is 22.9 Å². The molecule has 158 valence electrons. The van der Waals surface area contributed by atoms with Gasteiger partial charge in [-0.25, -0.2) is 9.97 Å². The topological polar surface area (TPSA) is 85.2 Å². The summed E-state index contributed by atoms with van der Waals surface area (Å²) in [6.45, 7) is 4.19. The number of hydrogen-bond donors (Lipinski definition) is 1. The first-order chi connectivity index (χ1) is 14.3. The molecule has 1 aliphatic heterocycles. The van der Waals surface area contributed by atoms with Crippen molar-refractivity contribution >= 4 is 16.7 Å². The molecule has 3 aromatic rings. The highest BCUT2D eigenvalue weighted by Gasteiger charge is 2.32. The number of aromatic nitrogens is 4. The highest BCUT2D eigenvalue weighted by atomic mass is 19.4. The number of piperazine rings is 1. The van der Waals surface area contributed by atoms with Gasteiger partial charge in [-0.05, 0) is 25.1 Å². The van der Waals surface area contributed by atoms with Crippen molar-refractivity contribution in [2.75, 3.05) is 31.1 Å². The summed E-state index contributed by atoms with van der Waals surface area (Å²) in [6, 6.07) is 4.24. The molecule has 0 saturated carbocycles. The SMILES string of the molecule is Cc1ncc2cc(N3CCNCC3)c(=O)n(Cc3ncccc3OC(F)(F)F)c2n1. The van der Waals surface area contributed by atoms with E-state index in [1.165, 1.54) is 22.9 Å². The first-order valence-corrected chi connectivity index (χ1v) is 9.34. The molecule has 30 heavy (non-hydrogen) atoms. The Balaban J connectivity index is 1.85. The Bertz CT molecular complexity index is 1130. The smallest absolute Gasteiger partial charge is 0.404 e. The Kier molecular flexibility index (Phi) is 5.29. The zero-order valence-electron chi connectivity index (χ0n) is 16.1. The molecule has 1 fully saturated rings. The van der Waals surface area contributed by atoms with Crippen molar-refractivity contribution in [1.29, 1.82) is 0 Å². The third-order valence-electron chi connectivity index (χ3n) is 4.77. The second-order valence-electron chi connectivity index (χ2n) is 6.85. The quantitative estimate of drug-likeness (QED) is 0.690. The Hall–Kier alpha value is -3.21. The Morgan fingerprint density at radius 3 is 2.73 bits per heavy atom. The maximum absolute atomic E-state index is 13.3. The number of fused-ring (bicyclic) bond motifs is 1. The van der Waals surface area contributed by atoms with Crippen LogP contribution in [0.2, 0.25) is 0 Å². The van der Waals surface area contributed by atoms with E-state index in [9.17, 15) is 18.0 Å². The van der Waals surface area contributed by atoms with E-state index in [-0.39, 0.29) is 17.8 Å². The highest BCUT2D eigenvalue weighted by Crippen LogP contribution is 2.26. The molecule has 4 heterocycles. The molecule has 1 saturated heterocycles. The molecule has 8 nitrogen and oxygen atoms in total. The van der Waals surface area contributed by atoms with Crippen LogP contribution in [0.25, 0.3) is 11.0 Å². The molecule has 1 N–H and O–H groups in total. The number of hydrogen-bond acceptors (Lipinski definition) is 7. The van der Waals surface area contributed by atoms with Gasteiger partial charge in [-0.2, -0.15) is 0 Å². The summed E-state index contributed by atoms with van der Waals surface area (Å²) in [5, 5.41) is 3.84. The number of rotatable bonds is 4. The molecule has 0 aromatic carbocycles. The van der Waals surface area contributed by atoms with Crippen molar-refractivity contribution in [2.24, 2.45) is 0 Å². The molecule has 3 aromatic heterocycles. The molecule has 0 radical (unpaired) electrons. The van der Waals surface area contributed by atoms with Gasteiger partial charge in [0.2, 0.25) is 0 Å². The fourth-order valence-electron chi connectivity index (χ4n) is 3.42. The van der Waals surface area contributed by atoms with Crippen molar-refractivity contribution in [3.05, 3.63) is 52.5 Å². The number of ether oxygens (including phenoxy) is 1. The highest BCUT2D eigenvalue weighted by molar-refractivity contribution is 5.78. The predicted octanol–water partition coefficient (Wildman–Crippen LogP) is 1.85. The first-order valence-electron chi connectivity index (χ1n) is 9.34. The Morgan fingerprint density at radius 1 is 1.23 bits per heavy atom.